The molecule has 1 N–H and O–H groups in total. The molecule has 1 aromatic rings. The Balaban J connectivity index is 1.65. The van der Waals surface area contributed by atoms with E-state index in [2.05, 4.69) is 16.8 Å². The molecule has 0 atom stereocenters. The van der Waals surface area contributed by atoms with Gasteiger partial charge in [-0.05, 0) is 61.0 Å². The molecule has 1 aromatic heterocycles. The van der Waals surface area contributed by atoms with Crippen LogP contribution in [0.15, 0.2) is 16.8 Å². The van der Waals surface area contributed by atoms with Crippen LogP contribution in [0.3, 0.4) is 0 Å². The van der Waals surface area contributed by atoms with Gasteiger partial charge in [-0.3, -0.25) is 0 Å². The molecule has 0 aromatic carbocycles. The van der Waals surface area contributed by atoms with E-state index in [0.29, 0.717) is 12.8 Å². The minimum atomic E-state index is -4.00. The maximum atomic E-state index is 12.5. The Morgan fingerprint density at radius 2 is 1.94 bits per heavy atom. The van der Waals surface area contributed by atoms with Gasteiger partial charge in [-0.1, -0.05) is 0 Å². The van der Waals surface area contributed by atoms with Crippen LogP contribution >= 0.6 is 11.3 Å². The van der Waals surface area contributed by atoms with Crippen LogP contribution in [0.5, 0.6) is 0 Å². The lowest BCUT2D eigenvalue weighted by Crippen LogP contribution is -2.37. The van der Waals surface area contributed by atoms with Crippen LogP contribution in [-0.4, -0.2) is 18.8 Å². The maximum absolute atomic E-state index is 12.5. The molecule has 0 saturated heterocycles. The first-order valence-electron chi connectivity index (χ1n) is 6.37. The van der Waals surface area contributed by atoms with Crippen LogP contribution in [0, 0.1) is 5.92 Å². The van der Waals surface area contributed by atoms with Gasteiger partial charge in [0.15, 0.2) is 0 Å². The minimum Gasteiger partial charge on any atom is -0.314 e. The second-order valence-electron chi connectivity index (χ2n) is 4.93. The summed E-state index contributed by atoms with van der Waals surface area (Å²) in [4.78, 5) is 0. The van der Waals surface area contributed by atoms with Gasteiger partial charge in [0.25, 0.3) is 0 Å². The van der Waals surface area contributed by atoms with Crippen LogP contribution in [0.25, 0.3) is 0 Å². The molecule has 18 heavy (non-hydrogen) atoms. The van der Waals surface area contributed by atoms with E-state index < -0.39 is 12.1 Å². The van der Waals surface area contributed by atoms with Gasteiger partial charge < -0.3 is 5.32 Å². The van der Waals surface area contributed by atoms with Crippen molar-refractivity contribution < 1.29 is 13.2 Å². The molecule has 1 nitrogen and oxygen atoms in total. The molecule has 1 fully saturated rings. The normalized spacial score (nSPS) is 25.3. The third-order valence-corrected chi connectivity index (χ3v) is 4.35. The molecule has 0 bridgehead atoms. The van der Waals surface area contributed by atoms with Crippen LogP contribution in [0.1, 0.15) is 31.2 Å². The van der Waals surface area contributed by atoms with E-state index in [1.165, 1.54) is 5.56 Å². The predicted molar refractivity (Wildman–Crippen MR) is 67.8 cm³/mol. The van der Waals surface area contributed by atoms with E-state index in [0.717, 1.165) is 13.0 Å². The molecule has 1 heterocycles. The molecule has 0 aliphatic heterocycles. The summed E-state index contributed by atoms with van der Waals surface area (Å²) >= 11 is 1.68. The predicted octanol–water partition coefficient (Wildman–Crippen LogP) is 4.00. The van der Waals surface area contributed by atoms with Gasteiger partial charge in [0.05, 0.1) is 5.92 Å². The molecule has 102 valence electrons. The molecular weight excluding hydrogens is 259 g/mol. The zero-order valence-corrected chi connectivity index (χ0v) is 11.0. The zero-order valence-electron chi connectivity index (χ0n) is 10.2. The number of nitrogens with one attached hydrogen (secondary N) is 1. The average Bonchev–Trinajstić information content (AvgIpc) is 2.82. The second-order valence-corrected chi connectivity index (χ2v) is 5.71. The minimum absolute atomic E-state index is 0.266. The van der Waals surface area contributed by atoms with Crippen molar-refractivity contribution in [2.75, 3.05) is 6.54 Å². The van der Waals surface area contributed by atoms with Crippen molar-refractivity contribution >= 4 is 11.3 Å². The van der Waals surface area contributed by atoms with Gasteiger partial charge in [-0.2, -0.15) is 24.5 Å². The van der Waals surface area contributed by atoms with Crippen molar-refractivity contribution in [3.05, 3.63) is 22.4 Å². The summed E-state index contributed by atoms with van der Waals surface area (Å²) in [5.74, 6) is -1.08. The van der Waals surface area contributed by atoms with Crippen molar-refractivity contribution in [1.82, 2.24) is 5.32 Å². The summed E-state index contributed by atoms with van der Waals surface area (Å²) < 4.78 is 37.5. The smallest absolute Gasteiger partial charge is 0.314 e. The molecular formula is C13H18F3NS. The summed E-state index contributed by atoms with van der Waals surface area (Å²) in [6, 6.07) is 2.36. The second kappa shape index (κ2) is 6.06. The summed E-state index contributed by atoms with van der Waals surface area (Å²) in [5.41, 5.74) is 1.30. The Hall–Kier alpha value is -0.550. The fourth-order valence-corrected chi connectivity index (χ4v) is 3.18. The highest BCUT2D eigenvalue weighted by Crippen LogP contribution is 2.37. The fourth-order valence-electron chi connectivity index (χ4n) is 2.48. The van der Waals surface area contributed by atoms with Crippen molar-refractivity contribution in [1.29, 1.82) is 0 Å². The Kier molecular flexibility index (Phi) is 4.67. The van der Waals surface area contributed by atoms with E-state index >= 15 is 0 Å². The zero-order chi connectivity index (χ0) is 13.0. The van der Waals surface area contributed by atoms with Crippen LogP contribution in [0.4, 0.5) is 13.2 Å². The molecule has 1 aliphatic carbocycles. The summed E-state index contributed by atoms with van der Waals surface area (Å²) in [6.07, 6.45) is -1.19. The Morgan fingerprint density at radius 1 is 1.22 bits per heavy atom. The van der Waals surface area contributed by atoms with Crippen molar-refractivity contribution in [2.45, 2.75) is 44.3 Å². The van der Waals surface area contributed by atoms with Crippen LogP contribution in [-0.2, 0) is 6.42 Å². The quantitative estimate of drug-likeness (QED) is 0.877. The SMILES string of the molecule is FC(F)(F)C1CCC(NCCc2ccsc2)CC1. The lowest BCUT2D eigenvalue weighted by Gasteiger charge is -2.30. The highest BCUT2D eigenvalue weighted by Gasteiger charge is 2.41. The average molecular weight is 277 g/mol. The van der Waals surface area contributed by atoms with Crippen molar-refractivity contribution in [3.8, 4) is 0 Å². The van der Waals surface area contributed by atoms with Gasteiger partial charge >= 0.3 is 6.18 Å². The first-order chi connectivity index (χ1) is 8.55. The van der Waals surface area contributed by atoms with Gasteiger partial charge in [-0.15, -0.1) is 0 Å². The number of thiophene rings is 1. The van der Waals surface area contributed by atoms with Crippen LogP contribution < -0.4 is 5.32 Å². The number of alkyl halides is 3. The largest absolute Gasteiger partial charge is 0.391 e. The van der Waals surface area contributed by atoms with E-state index in [1.54, 1.807) is 11.3 Å². The molecule has 0 unspecified atom stereocenters. The van der Waals surface area contributed by atoms with E-state index in [1.807, 2.05) is 5.38 Å². The monoisotopic (exact) mass is 277 g/mol. The number of hydrogen-bond acceptors (Lipinski definition) is 2. The van der Waals surface area contributed by atoms with Crippen molar-refractivity contribution in [3.63, 3.8) is 0 Å². The molecule has 0 spiro atoms. The maximum Gasteiger partial charge on any atom is 0.391 e. The molecule has 0 amide bonds. The third-order valence-electron chi connectivity index (χ3n) is 3.62. The summed E-state index contributed by atoms with van der Waals surface area (Å²) in [6.45, 7) is 0.859. The topological polar surface area (TPSA) is 12.0 Å². The van der Waals surface area contributed by atoms with Gasteiger partial charge in [0.1, 0.15) is 0 Å². The van der Waals surface area contributed by atoms with E-state index in [9.17, 15) is 13.2 Å². The molecule has 1 saturated carbocycles. The molecule has 5 heteroatoms. The molecule has 1 aliphatic rings. The number of rotatable bonds is 4. The third kappa shape index (κ3) is 3.99. The molecule has 2 rings (SSSR count). The standard InChI is InChI=1S/C13H18F3NS/c14-13(15,16)11-1-3-12(4-2-11)17-7-5-10-6-8-18-9-10/h6,8-9,11-12,17H,1-5,7H2. The fraction of sp³-hybridized carbons (Fsp3) is 0.692. The summed E-state index contributed by atoms with van der Waals surface area (Å²) in [5, 5.41) is 7.53. The first-order valence-corrected chi connectivity index (χ1v) is 7.31. The highest BCUT2D eigenvalue weighted by atomic mass is 32.1. The Labute approximate surface area is 109 Å². The number of hydrogen-bond donors (Lipinski definition) is 1. The first kappa shape index (κ1) is 13.9. The Bertz CT molecular complexity index is 340. The highest BCUT2D eigenvalue weighted by molar-refractivity contribution is 7.07. The van der Waals surface area contributed by atoms with Crippen molar-refractivity contribution in [2.24, 2.45) is 5.92 Å². The van der Waals surface area contributed by atoms with Gasteiger partial charge in [-0.25, -0.2) is 0 Å². The lowest BCUT2D eigenvalue weighted by molar-refractivity contribution is -0.182. The van der Waals surface area contributed by atoms with Crippen LogP contribution in [0.2, 0.25) is 0 Å². The van der Waals surface area contributed by atoms with Gasteiger partial charge in [0.2, 0.25) is 0 Å². The summed E-state index contributed by atoms with van der Waals surface area (Å²) in [7, 11) is 0. The van der Waals surface area contributed by atoms with E-state index in [4.69, 9.17) is 0 Å². The Morgan fingerprint density at radius 3 is 2.50 bits per heavy atom. The lowest BCUT2D eigenvalue weighted by atomic mass is 9.85. The molecule has 0 radical (unpaired) electrons. The number of halogens is 3. The van der Waals surface area contributed by atoms with Gasteiger partial charge in [0, 0.05) is 6.04 Å². The van der Waals surface area contributed by atoms with E-state index in [-0.39, 0.29) is 18.9 Å².